The van der Waals surface area contributed by atoms with E-state index in [1.807, 2.05) is 0 Å². The number of hydrogen-bond donors (Lipinski definition) is 2. The van der Waals surface area contributed by atoms with Crippen LogP contribution in [0.5, 0.6) is 0 Å². The molecule has 0 atom stereocenters. The number of nitrogens with one attached hydrogen (secondary N) is 1. The van der Waals surface area contributed by atoms with Crippen molar-refractivity contribution >= 4 is 21.7 Å². The standard InChI is InChI=1S/C24H37N3O10S/c1-38(31,32)24-26-19-21(20-27-24)5-3-2-4-6-22(28)25-8-10-34-12-14-36-16-18-37-17-15-35-13-11-33-9-7-23(29)30/h19-20H,2,4,6-18H2,1H3,(H,25,28)(H,29,30). The quantitative estimate of drug-likeness (QED) is 0.111. The first-order valence-electron chi connectivity index (χ1n) is 12.2. The summed E-state index contributed by atoms with van der Waals surface area (Å²) in [6.45, 7) is 4.23. The molecule has 0 fully saturated rings. The Labute approximate surface area is 223 Å². The third-order valence-corrected chi connectivity index (χ3v) is 5.29. The number of ether oxygens (including phenoxy) is 5. The summed E-state index contributed by atoms with van der Waals surface area (Å²) in [7, 11) is -3.43. The average Bonchev–Trinajstić information content (AvgIpc) is 2.87. The first kappa shape index (κ1) is 33.4. The van der Waals surface area contributed by atoms with E-state index in [0.29, 0.717) is 90.8 Å². The number of rotatable bonds is 22. The van der Waals surface area contributed by atoms with Crippen molar-refractivity contribution in [2.45, 2.75) is 30.8 Å². The monoisotopic (exact) mass is 559 g/mol. The summed E-state index contributed by atoms with van der Waals surface area (Å²) in [5, 5.41) is 11.0. The van der Waals surface area contributed by atoms with Gasteiger partial charge < -0.3 is 34.1 Å². The van der Waals surface area contributed by atoms with Gasteiger partial charge in [0.2, 0.25) is 20.9 Å². The van der Waals surface area contributed by atoms with Gasteiger partial charge >= 0.3 is 5.97 Å². The molecule has 0 saturated carbocycles. The average molecular weight is 560 g/mol. The maximum absolute atomic E-state index is 11.8. The molecule has 214 valence electrons. The van der Waals surface area contributed by atoms with Gasteiger partial charge in [0.25, 0.3) is 0 Å². The predicted octanol–water partition coefficient (Wildman–Crippen LogP) is 0.0758. The van der Waals surface area contributed by atoms with E-state index in [1.165, 1.54) is 12.4 Å². The van der Waals surface area contributed by atoms with Crippen LogP contribution in [0.4, 0.5) is 0 Å². The SMILES string of the molecule is CS(=O)(=O)c1ncc(C#CCCCC(=O)NCCOCCOCCOCCOCCOCCC(=O)O)cn1. The van der Waals surface area contributed by atoms with Gasteiger partial charge in [-0.25, -0.2) is 18.4 Å². The lowest BCUT2D eigenvalue weighted by Gasteiger charge is -2.08. The smallest absolute Gasteiger partial charge is 0.305 e. The number of carbonyl (C=O) groups is 2. The zero-order chi connectivity index (χ0) is 27.9. The number of unbranched alkanes of at least 4 members (excludes halogenated alkanes) is 1. The summed E-state index contributed by atoms with van der Waals surface area (Å²) >= 11 is 0. The summed E-state index contributed by atoms with van der Waals surface area (Å²) in [5.41, 5.74) is 0.510. The Morgan fingerprint density at radius 2 is 1.34 bits per heavy atom. The third kappa shape index (κ3) is 19.4. The molecule has 0 aromatic carbocycles. The largest absolute Gasteiger partial charge is 0.481 e. The van der Waals surface area contributed by atoms with Crippen LogP contribution in [-0.4, -0.2) is 114 Å². The highest BCUT2D eigenvalue weighted by Crippen LogP contribution is 2.01. The van der Waals surface area contributed by atoms with Crippen LogP contribution in [0.2, 0.25) is 0 Å². The van der Waals surface area contributed by atoms with Crippen LogP contribution in [0.25, 0.3) is 0 Å². The van der Waals surface area contributed by atoms with E-state index in [4.69, 9.17) is 28.8 Å². The Bertz CT molecular complexity index is 962. The number of carboxylic acids is 1. The van der Waals surface area contributed by atoms with E-state index in [1.54, 1.807) is 0 Å². The number of aromatic nitrogens is 2. The molecule has 0 saturated heterocycles. The van der Waals surface area contributed by atoms with Gasteiger partial charge in [0.15, 0.2) is 0 Å². The molecule has 0 aliphatic carbocycles. The molecule has 1 heterocycles. The van der Waals surface area contributed by atoms with Crippen LogP contribution in [0, 0.1) is 11.8 Å². The molecule has 0 aliphatic rings. The molecule has 2 N–H and O–H groups in total. The fourth-order valence-corrected chi connectivity index (χ4v) is 3.05. The van der Waals surface area contributed by atoms with Crippen molar-refractivity contribution in [3.8, 4) is 11.8 Å². The lowest BCUT2D eigenvalue weighted by Crippen LogP contribution is -2.27. The van der Waals surface area contributed by atoms with E-state index < -0.39 is 15.8 Å². The molecule has 1 aromatic heterocycles. The van der Waals surface area contributed by atoms with Gasteiger partial charge in [0.1, 0.15) is 0 Å². The molecule has 1 amide bonds. The number of hydrogen-bond acceptors (Lipinski definition) is 11. The molecule has 0 unspecified atom stereocenters. The highest BCUT2D eigenvalue weighted by Gasteiger charge is 2.09. The third-order valence-electron chi connectivity index (χ3n) is 4.42. The van der Waals surface area contributed by atoms with E-state index >= 15 is 0 Å². The number of carbonyl (C=O) groups excluding carboxylic acids is 1. The highest BCUT2D eigenvalue weighted by atomic mass is 32.2. The maximum Gasteiger partial charge on any atom is 0.305 e. The molecule has 13 nitrogen and oxygen atoms in total. The van der Waals surface area contributed by atoms with E-state index in [2.05, 4.69) is 27.1 Å². The van der Waals surface area contributed by atoms with Crippen LogP contribution < -0.4 is 5.32 Å². The van der Waals surface area contributed by atoms with Crippen LogP contribution in [0.3, 0.4) is 0 Å². The number of aliphatic carboxylic acids is 1. The van der Waals surface area contributed by atoms with Crippen LogP contribution in [-0.2, 0) is 43.1 Å². The minimum atomic E-state index is -3.43. The van der Waals surface area contributed by atoms with Gasteiger partial charge in [-0.15, -0.1) is 0 Å². The van der Waals surface area contributed by atoms with E-state index in [0.717, 1.165) is 6.26 Å². The van der Waals surface area contributed by atoms with Crippen molar-refractivity contribution in [2.75, 3.05) is 78.9 Å². The molecule has 38 heavy (non-hydrogen) atoms. The second-order valence-electron chi connectivity index (χ2n) is 7.74. The van der Waals surface area contributed by atoms with Crippen molar-refractivity contribution in [2.24, 2.45) is 0 Å². The zero-order valence-electron chi connectivity index (χ0n) is 21.7. The number of nitrogens with zero attached hydrogens (tertiary/aromatic N) is 2. The Morgan fingerprint density at radius 1 is 0.842 bits per heavy atom. The minimum Gasteiger partial charge on any atom is -0.481 e. The molecular weight excluding hydrogens is 522 g/mol. The van der Waals surface area contributed by atoms with Crippen LogP contribution in [0.1, 0.15) is 31.2 Å². The van der Waals surface area contributed by atoms with Crippen molar-refractivity contribution in [3.63, 3.8) is 0 Å². The van der Waals surface area contributed by atoms with Gasteiger partial charge in [-0.2, -0.15) is 0 Å². The molecule has 0 bridgehead atoms. The molecule has 0 aliphatic heterocycles. The fraction of sp³-hybridized carbons (Fsp3) is 0.667. The molecule has 0 spiro atoms. The van der Waals surface area contributed by atoms with Gasteiger partial charge in [0.05, 0.1) is 78.1 Å². The minimum absolute atomic E-state index is 0.0171. The lowest BCUT2D eigenvalue weighted by atomic mass is 10.2. The summed E-state index contributed by atoms with van der Waals surface area (Å²) in [5.74, 6) is 4.78. The number of amides is 1. The van der Waals surface area contributed by atoms with Crippen molar-refractivity contribution in [1.29, 1.82) is 0 Å². The molecule has 1 aromatic rings. The first-order chi connectivity index (χ1) is 18.3. The fourth-order valence-electron chi connectivity index (χ4n) is 2.57. The molecule has 0 radical (unpaired) electrons. The van der Waals surface area contributed by atoms with Gasteiger partial charge in [-0.1, -0.05) is 11.8 Å². The Balaban J connectivity index is 1.85. The van der Waals surface area contributed by atoms with E-state index in [9.17, 15) is 18.0 Å². The summed E-state index contributed by atoms with van der Waals surface area (Å²) in [6, 6.07) is 0. The molecular formula is C24H37N3O10S. The summed E-state index contributed by atoms with van der Waals surface area (Å²) in [4.78, 5) is 29.7. The molecule has 14 heteroatoms. The van der Waals surface area contributed by atoms with Gasteiger partial charge in [-0.3, -0.25) is 9.59 Å². The highest BCUT2D eigenvalue weighted by molar-refractivity contribution is 7.90. The van der Waals surface area contributed by atoms with Crippen molar-refractivity contribution in [3.05, 3.63) is 18.0 Å². The lowest BCUT2D eigenvalue weighted by molar-refractivity contribution is -0.138. The van der Waals surface area contributed by atoms with Gasteiger partial charge in [0, 0.05) is 38.0 Å². The number of carboxylic acid groups (broad SMARTS) is 1. The maximum atomic E-state index is 11.8. The van der Waals surface area contributed by atoms with E-state index in [-0.39, 0.29) is 24.1 Å². The first-order valence-corrected chi connectivity index (χ1v) is 14.1. The molecule has 1 rings (SSSR count). The predicted molar refractivity (Wildman–Crippen MR) is 135 cm³/mol. The van der Waals surface area contributed by atoms with Crippen LogP contribution in [0.15, 0.2) is 17.6 Å². The summed E-state index contributed by atoms with van der Waals surface area (Å²) < 4.78 is 49.2. The Morgan fingerprint density at radius 3 is 1.84 bits per heavy atom. The number of sulfone groups is 1. The Kier molecular flexibility index (Phi) is 18.7. The van der Waals surface area contributed by atoms with Crippen molar-refractivity contribution < 1.29 is 46.8 Å². The van der Waals surface area contributed by atoms with Crippen LogP contribution >= 0.6 is 0 Å². The van der Waals surface area contributed by atoms with Gasteiger partial charge in [-0.05, 0) is 6.42 Å². The zero-order valence-corrected chi connectivity index (χ0v) is 22.5. The normalized spacial score (nSPS) is 11.1. The van der Waals surface area contributed by atoms with Crippen molar-refractivity contribution in [1.82, 2.24) is 15.3 Å². The second kappa shape index (κ2) is 21.3. The topological polar surface area (TPSA) is 172 Å². The Hall–Kier alpha value is -2.67. The second-order valence-corrected chi connectivity index (χ2v) is 9.65. The summed E-state index contributed by atoms with van der Waals surface area (Å²) in [6.07, 6.45) is 5.17.